The lowest BCUT2D eigenvalue weighted by atomic mass is 9.94. The first-order valence-electron chi connectivity index (χ1n) is 16.6. The van der Waals surface area contributed by atoms with E-state index in [1.807, 2.05) is 22.7 Å². The van der Waals surface area contributed by atoms with Gasteiger partial charge in [0.2, 0.25) is 0 Å². The van der Waals surface area contributed by atoms with Gasteiger partial charge < -0.3 is 4.90 Å². The van der Waals surface area contributed by atoms with Crippen LogP contribution >= 0.6 is 22.7 Å². The van der Waals surface area contributed by atoms with E-state index in [9.17, 15) is 0 Å². The van der Waals surface area contributed by atoms with Crippen LogP contribution in [0.1, 0.15) is 0 Å². The molecule has 2 heterocycles. The van der Waals surface area contributed by atoms with E-state index in [4.69, 9.17) is 0 Å². The van der Waals surface area contributed by atoms with Gasteiger partial charge in [0.05, 0.1) is 11.4 Å². The fourth-order valence-corrected chi connectivity index (χ4v) is 9.64. The quantitative estimate of drug-likeness (QED) is 0.178. The molecule has 0 aliphatic heterocycles. The Balaban J connectivity index is 1.32. The molecule has 49 heavy (non-hydrogen) atoms. The molecule has 10 aromatic rings. The van der Waals surface area contributed by atoms with Gasteiger partial charge in [-0.3, -0.25) is 0 Å². The maximum atomic E-state index is 2.52. The van der Waals surface area contributed by atoms with Gasteiger partial charge in [-0.1, -0.05) is 127 Å². The lowest BCUT2D eigenvalue weighted by Crippen LogP contribution is -2.12. The highest BCUT2D eigenvalue weighted by Crippen LogP contribution is 2.49. The zero-order chi connectivity index (χ0) is 32.3. The molecule has 0 unspecified atom stereocenters. The zero-order valence-electron chi connectivity index (χ0n) is 26.5. The minimum atomic E-state index is 1.14. The molecule has 0 amide bonds. The summed E-state index contributed by atoms with van der Waals surface area (Å²) in [5.41, 5.74) is 8.29. The topological polar surface area (TPSA) is 3.24 Å². The van der Waals surface area contributed by atoms with Crippen LogP contribution in [0.3, 0.4) is 0 Å². The van der Waals surface area contributed by atoms with Crippen molar-refractivity contribution in [1.29, 1.82) is 0 Å². The lowest BCUT2D eigenvalue weighted by molar-refractivity contribution is 1.31. The largest absolute Gasteiger partial charge is 0.309 e. The SMILES string of the molecule is c1ccc(-c2ccc(-c3cccc4ccccc34)cc2N(c2ccc3sc4ccccc4c3c2)c2cccc3sc4ccccc4c23)cc1. The van der Waals surface area contributed by atoms with Crippen molar-refractivity contribution < 1.29 is 0 Å². The van der Waals surface area contributed by atoms with Gasteiger partial charge in [-0.25, -0.2) is 0 Å². The summed E-state index contributed by atoms with van der Waals surface area (Å²) in [5, 5.41) is 7.67. The molecule has 1 nitrogen and oxygen atoms in total. The Morgan fingerprint density at radius 1 is 0.347 bits per heavy atom. The Labute approximate surface area is 292 Å². The monoisotopic (exact) mass is 659 g/mol. The van der Waals surface area contributed by atoms with Gasteiger partial charge in [-0.15, -0.1) is 22.7 Å². The van der Waals surface area contributed by atoms with Crippen molar-refractivity contribution in [3.63, 3.8) is 0 Å². The summed E-state index contributed by atoms with van der Waals surface area (Å²) in [5.74, 6) is 0. The van der Waals surface area contributed by atoms with E-state index < -0.39 is 0 Å². The van der Waals surface area contributed by atoms with Crippen molar-refractivity contribution in [3.8, 4) is 22.3 Å². The molecule has 0 aliphatic carbocycles. The zero-order valence-corrected chi connectivity index (χ0v) is 28.1. The van der Waals surface area contributed by atoms with Gasteiger partial charge >= 0.3 is 0 Å². The number of hydrogen-bond acceptors (Lipinski definition) is 3. The van der Waals surface area contributed by atoms with Crippen molar-refractivity contribution >= 4 is 90.9 Å². The van der Waals surface area contributed by atoms with Gasteiger partial charge in [0, 0.05) is 51.6 Å². The van der Waals surface area contributed by atoms with Crippen molar-refractivity contribution in [2.24, 2.45) is 0 Å². The highest BCUT2D eigenvalue weighted by molar-refractivity contribution is 7.26. The van der Waals surface area contributed by atoms with Crippen LogP contribution in [0.25, 0.3) is 73.4 Å². The third-order valence-corrected chi connectivity index (χ3v) is 12.0. The summed E-state index contributed by atoms with van der Waals surface area (Å²) in [6, 6.07) is 64.6. The summed E-state index contributed by atoms with van der Waals surface area (Å²) >= 11 is 3.73. The highest BCUT2D eigenvalue weighted by atomic mass is 32.1. The van der Waals surface area contributed by atoms with Crippen molar-refractivity contribution in [3.05, 3.63) is 176 Å². The number of rotatable bonds is 5. The lowest BCUT2D eigenvalue weighted by Gasteiger charge is -2.29. The molecular weight excluding hydrogens is 631 g/mol. The van der Waals surface area contributed by atoms with Gasteiger partial charge in [0.15, 0.2) is 0 Å². The minimum Gasteiger partial charge on any atom is -0.309 e. The average Bonchev–Trinajstić information content (AvgIpc) is 3.74. The molecule has 0 bridgehead atoms. The fourth-order valence-electron chi connectivity index (χ4n) is 7.43. The molecule has 230 valence electrons. The van der Waals surface area contributed by atoms with E-state index in [2.05, 4.69) is 181 Å². The first kappa shape index (κ1) is 28.3. The van der Waals surface area contributed by atoms with Crippen molar-refractivity contribution in [2.75, 3.05) is 4.90 Å². The average molecular weight is 660 g/mol. The number of anilines is 3. The predicted octanol–water partition coefficient (Wildman–Crippen LogP) is 14.4. The summed E-state index contributed by atoms with van der Waals surface area (Å²) < 4.78 is 5.21. The first-order chi connectivity index (χ1) is 24.3. The van der Waals surface area contributed by atoms with Gasteiger partial charge in [-0.2, -0.15) is 0 Å². The molecule has 0 atom stereocenters. The van der Waals surface area contributed by atoms with Crippen LogP contribution in [0.15, 0.2) is 176 Å². The predicted molar refractivity (Wildman–Crippen MR) is 215 cm³/mol. The summed E-state index contributed by atoms with van der Waals surface area (Å²) in [4.78, 5) is 2.52. The number of thiophene rings is 2. The maximum Gasteiger partial charge on any atom is 0.0555 e. The van der Waals surface area contributed by atoms with Crippen molar-refractivity contribution in [1.82, 2.24) is 0 Å². The first-order valence-corrected chi connectivity index (χ1v) is 18.2. The highest BCUT2D eigenvalue weighted by Gasteiger charge is 2.23. The summed E-state index contributed by atoms with van der Waals surface area (Å²) in [7, 11) is 0. The number of benzene rings is 8. The Morgan fingerprint density at radius 2 is 1.00 bits per heavy atom. The standard InChI is InChI=1S/C46H29NS2/c1-2-12-31(13-3-1)36-26-24-32(35-19-10-15-30-14-4-5-16-34(30)35)28-41(36)47(33-25-27-44-39(29-33)37-17-6-8-21-42(37)48-44)40-20-11-23-45-46(40)38-18-7-9-22-43(38)49-45/h1-29H. The molecule has 0 fully saturated rings. The van der Waals surface area contributed by atoms with Crippen LogP contribution in [-0.4, -0.2) is 0 Å². The molecule has 0 saturated heterocycles. The van der Waals surface area contributed by atoms with Crippen molar-refractivity contribution in [2.45, 2.75) is 0 Å². The van der Waals surface area contributed by atoms with Crippen LogP contribution in [0, 0.1) is 0 Å². The van der Waals surface area contributed by atoms with E-state index >= 15 is 0 Å². The van der Waals surface area contributed by atoms with Gasteiger partial charge in [0.25, 0.3) is 0 Å². The molecule has 0 N–H and O–H groups in total. The van der Waals surface area contributed by atoms with Crippen LogP contribution in [0.2, 0.25) is 0 Å². The Morgan fingerprint density at radius 3 is 1.88 bits per heavy atom. The van der Waals surface area contributed by atoms with Crippen LogP contribution in [0.5, 0.6) is 0 Å². The third-order valence-electron chi connectivity index (χ3n) is 9.66. The maximum absolute atomic E-state index is 2.52. The van der Waals surface area contributed by atoms with Crippen LogP contribution < -0.4 is 4.90 Å². The minimum absolute atomic E-state index is 1.14. The van der Waals surface area contributed by atoms with E-state index in [-0.39, 0.29) is 0 Å². The smallest absolute Gasteiger partial charge is 0.0555 e. The van der Waals surface area contributed by atoms with E-state index in [0.717, 1.165) is 11.4 Å². The number of fused-ring (bicyclic) bond motifs is 7. The summed E-state index contributed by atoms with van der Waals surface area (Å²) in [6.45, 7) is 0. The molecule has 10 rings (SSSR count). The molecule has 2 aromatic heterocycles. The Bertz CT molecular complexity index is 2840. The molecule has 0 radical (unpaired) electrons. The molecule has 8 aromatic carbocycles. The third kappa shape index (κ3) is 4.66. The van der Waals surface area contributed by atoms with E-state index in [1.165, 1.54) is 79.1 Å². The molecule has 3 heteroatoms. The Kier molecular flexibility index (Phi) is 6.61. The normalized spacial score (nSPS) is 11.7. The second kappa shape index (κ2) is 11.5. The van der Waals surface area contributed by atoms with E-state index in [1.54, 1.807) is 0 Å². The number of hydrogen-bond donors (Lipinski definition) is 0. The van der Waals surface area contributed by atoms with Crippen LogP contribution in [-0.2, 0) is 0 Å². The second-order valence-electron chi connectivity index (χ2n) is 12.5. The van der Waals surface area contributed by atoms with Gasteiger partial charge in [0.1, 0.15) is 0 Å². The molecule has 0 aliphatic rings. The van der Waals surface area contributed by atoms with E-state index in [0.29, 0.717) is 0 Å². The van der Waals surface area contributed by atoms with Crippen LogP contribution in [0.4, 0.5) is 17.1 Å². The van der Waals surface area contributed by atoms with Gasteiger partial charge in [-0.05, 0) is 76.0 Å². The number of nitrogens with zero attached hydrogens (tertiary/aromatic N) is 1. The molecule has 0 spiro atoms. The molecular formula is C46H29NS2. The Hall–Kier alpha value is -5.74. The molecule has 0 saturated carbocycles. The second-order valence-corrected chi connectivity index (χ2v) is 14.7. The fraction of sp³-hybridized carbons (Fsp3) is 0. The summed E-state index contributed by atoms with van der Waals surface area (Å²) in [6.07, 6.45) is 0.